The Morgan fingerprint density at radius 2 is 2.15 bits per heavy atom. The number of esters is 1. The van der Waals surface area contributed by atoms with Crippen LogP contribution in [0.25, 0.3) is 0 Å². The summed E-state index contributed by atoms with van der Waals surface area (Å²) in [4.78, 5) is 23.8. The number of nitro groups is 1. The molecule has 0 bridgehead atoms. The van der Waals surface area contributed by atoms with Crippen molar-refractivity contribution in [2.24, 2.45) is 0 Å². The summed E-state index contributed by atoms with van der Waals surface area (Å²) in [5.41, 5.74) is 2.48. The maximum Gasteiger partial charge on any atom is 0.336 e. The quantitative estimate of drug-likeness (QED) is 0.399. The SMILES string of the molecule is CCCC1=C(C(=O)OCC)C(c2cccc([N+](=O)[O-])c2Br)c2cn[nH]c2N1. The topological polar surface area (TPSA) is 110 Å². The molecule has 2 heterocycles. The molecule has 0 fully saturated rings. The van der Waals surface area contributed by atoms with E-state index in [-0.39, 0.29) is 12.3 Å². The van der Waals surface area contributed by atoms with E-state index in [1.807, 2.05) is 6.92 Å². The summed E-state index contributed by atoms with van der Waals surface area (Å²) < 4.78 is 5.64. The van der Waals surface area contributed by atoms with Crippen LogP contribution in [-0.2, 0) is 9.53 Å². The fraction of sp³-hybridized carbons (Fsp3) is 0.333. The minimum atomic E-state index is -0.533. The predicted molar refractivity (Wildman–Crippen MR) is 103 cm³/mol. The first-order chi connectivity index (χ1) is 13.0. The van der Waals surface area contributed by atoms with Crippen molar-refractivity contribution in [2.45, 2.75) is 32.6 Å². The van der Waals surface area contributed by atoms with Gasteiger partial charge in [0.05, 0.1) is 27.8 Å². The summed E-state index contributed by atoms with van der Waals surface area (Å²) in [6.45, 7) is 4.00. The average molecular weight is 435 g/mol. The molecule has 1 aromatic carbocycles. The number of allylic oxidation sites excluding steroid dienone is 1. The predicted octanol–water partition coefficient (Wildman–Crippen LogP) is 4.26. The van der Waals surface area contributed by atoms with Crippen LogP contribution < -0.4 is 5.32 Å². The van der Waals surface area contributed by atoms with Crippen LogP contribution in [0.1, 0.15) is 43.7 Å². The number of anilines is 1. The van der Waals surface area contributed by atoms with Crippen LogP contribution >= 0.6 is 15.9 Å². The number of aromatic amines is 1. The lowest BCUT2D eigenvalue weighted by Gasteiger charge is -2.29. The molecule has 27 heavy (non-hydrogen) atoms. The van der Waals surface area contributed by atoms with E-state index >= 15 is 0 Å². The second-order valence-electron chi connectivity index (χ2n) is 6.06. The standard InChI is InChI=1S/C18H19BrN4O4/c1-3-6-12-15(18(24)27-4-2)14(11-9-20-22-17(11)21-12)10-7-5-8-13(16(10)19)23(25)26/h5,7-9,14H,3-4,6H2,1-2H3,(H2,20,21,22). The van der Waals surface area contributed by atoms with Crippen molar-refractivity contribution in [2.75, 3.05) is 11.9 Å². The fourth-order valence-electron chi connectivity index (χ4n) is 3.28. The van der Waals surface area contributed by atoms with Crippen molar-refractivity contribution < 1.29 is 14.5 Å². The maximum absolute atomic E-state index is 12.8. The highest BCUT2D eigenvalue weighted by Crippen LogP contribution is 2.46. The molecular formula is C18H19BrN4O4. The number of nitro benzene ring substituents is 1. The van der Waals surface area contributed by atoms with Crippen LogP contribution in [0.2, 0.25) is 0 Å². The molecule has 1 aliphatic heterocycles. The molecule has 0 amide bonds. The van der Waals surface area contributed by atoms with Crippen LogP contribution in [0.5, 0.6) is 0 Å². The number of carbonyl (C=O) groups excluding carboxylic acids is 1. The molecule has 0 saturated heterocycles. The van der Waals surface area contributed by atoms with Gasteiger partial charge in [0.1, 0.15) is 5.82 Å². The second kappa shape index (κ2) is 7.91. The Balaban J connectivity index is 2.25. The number of aromatic nitrogens is 2. The van der Waals surface area contributed by atoms with Gasteiger partial charge >= 0.3 is 5.97 Å². The fourth-order valence-corrected chi connectivity index (χ4v) is 3.92. The van der Waals surface area contributed by atoms with Crippen molar-refractivity contribution in [3.8, 4) is 0 Å². The smallest absolute Gasteiger partial charge is 0.336 e. The zero-order valence-corrected chi connectivity index (χ0v) is 16.5. The van der Waals surface area contributed by atoms with E-state index in [1.165, 1.54) is 6.07 Å². The summed E-state index contributed by atoms with van der Waals surface area (Å²) in [6.07, 6.45) is 3.08. The van der Waals surface area contributed by atoms with E-state index in [0.29, 0.717) is 27.8 Å². The van der Waals surface area contributed by atoms with Gasteiger partial charge in [-0.2, -0.15) is 5.10 Å². The van der Waals surface area contributed by atoms with Gasteiger partial charge in [0, 0.05) is 23.2 Å². The summed E-state index contributed by atoms with van der Waals surface area (Å²) in [7, 11) is 0. The first-order valence-corrected chi connectivity index (χ1v) is 9.42. The van der Waals surface area contributed by atoms with Crippen LogP contribution in [0.3, 0.4) is 0 Å². The molecule has 2 N–H and O–H groups in total. The Hall–Kier alpha value is -2.68. The van der Waals surface area contributed by atoms with Crippen LogP contribution in [-0.4, -0.2) is 27.7 Å². The molecule has 2 aromatic rings. The average Bonchev–Trinajstić information content (AvgIpc) is 3.09. The molecule has 0 spiro atoms. The number of H-pyrrole nitrogens is 1. The molecule has 9 heteroatoms. The van der Waals surface area contributed by atoms with Gasteiger partial charge < -0.3 is 10.1 Å². The second-order valence-corrected chi connectivity index (χ2v) is 6.85. The third-order valence-corrected chi connectivity index (χ3v) is 5.24. The number of fused-ring (bicyclic) bond motifs is 1. The molecular weight excluding hydrogens is 416 g/mol. The molecule has 0 radical (unpaired) electrons. The summed E-state index contributed by atoms with van der Waals surface area (Å²) in [5.74, 6) is -0.298. The van der Waals surface area contributed by atoms with Crippen molar-refractivity contribution in [3.05, 3.63) is 61.4 Å². The molecule has 3 rings (SSSR count). The van der Waals surface area contributed by atoms with Crippen molar-refractivity contribution >= 4 is 33.4 Å². The van der Waals surface area contributed by atoms with Gasteiger partial charge in [-0.3, -0.25) is 15.2 Å². The molecule has 1 aromatic heterocycles. The largest absolute Gasteiger partial charge is 0.463 e. The van der Waals surface area contributed by atoms with Gasteiger partial charge in [0.2, 0.25) is 0 Å². The number of carbonyl (C=O) groups is 1. The first kappa shape index (κ1) is 19.1. The number of benzene rings is 1. The van der Waals surface area contributed by atoms with E-state index < -0.39 is 16.8 Å². The van der Waals surface area contributed by atoms with E-state index in [1.54, 1.807) is 25.3 Å². The molecule has 1 unspecified atom stereocenters. The zero-order chi connectivity index (χ0) is 19.6. The third-order valence-electron chi connectivity index (χ3n) is 4.38. The Labute approximate surface area is 164 Å². The molecule has 1 atom stereocenters. The number of hydrogen-bond acceptors (Lipinski definition) is 6. The summed E-state index contributed by atoms with van der Waals surface area (Å²) >= 11 is 3.36. The van der Waals surface area contributed by atoms with Crippen molar-refractivity contribution in [1.82, 2.24) is 10.2 Å². The zero-order valence-electron chi connectivity index (χ0n) is 14.9. The van der Waals surface area contributed by atoms with Crippen LogP contribution in [0.4, 0.5) is 11.5 Å². The summed E-state index contributed by atoms with van der Waals surface area (Å²) in [5, 5.41) is 21.6. The van der Waals surface area contributed by atoms with E-state index in [0.717, 1.165) is 17.7 Å². The third kappa shape index (κ3) is 3.46. The Bertz CT molecular complexity index is 922. The molecule has 8 nitrogen and oxygen atoms in total. The maximum atomic E-state index is 12.8. The lowest BCUT2D eigenvalue weighted by molar-refractivity contribution is -0.385. The highest BCUT2D eigenvalue weighted by molar-refractivity contribution is 9.10. The molecule has 1 aliphatic rings. The van der Waals surface area contributed by atoms with Gasteiger partial charge in [-0.25, -0.2) is 4.79 Å². The lowest BCUT2D eigenvalue weighted by Crippen LogP contribution is -2.25. The summed E-state index contributed by atoms with van der Waals surface area (Å²) in [6, 6.07) is 4.81. The minimum absolute atomic E-state index is 0.0590. The Morgan fingerprint density at radius 3 is 2.81 bits per heavy atom. The lowest BCUT2D eigenvalue weighted by atomic mass is 9.81. The van der Waals surface area contributed by atoms with Crippen molar-refractivity contribution in [3.63, 3.8) is 0 Å². The van der Waals surface area contributed by atoms with Gasteiger partial charge in [-0.1, -0.05) is 25.5 Å². The number of nitrogens with one attached hydrogen (secondary N) is 2. The molecule has 0 aliphatic carbocycles. The van der Waals surface area contributed by atoms with Crippen LogP contribution in [0.15, 0.2) is 40.1 Å². The van der Waals surface area contributed by atoms with Gasteiger partial charge in [0.25, 0.3) is 5.69 Å². The Kier molecular flexibility index (Phi) is 5.59. The van der Waals surface area contributed by atoms with Gasteiger partial charge in [0.15, 0.2) is 0 Å². The van der Waals surface area contributed by atoms with E-state index in [4.69, 9.17) is 4.74 Å². The molecule has 0 saturated carbocycles. The first-order valence-electron chi connectivity index (χ1n) is 8.62. The number of ether oxygens (including phenoxy) is 1. The number of rotatable bonds is 6. The monoisotopic (exact) mass is 434 g/mol. The van der Waals surface area contributed by atoms with Gasteiger partial charge in [-0.15, -0.1) is 0 Å². The van der Waals surface area contributed by atoms with E-state index in [2.05, 4.69) is 31.4 Å². The minimum Gasteiger partial charge on any atom is -0.463 e. The highest BCUT2D eigenvalue weighted by Gasteiger charge is 2.37. The highest BCUT2D eigenvalue weighted by atomic mass is 79.9. The van der Waals surface area contributed by atoms with Crippen LogP contribution in [0, 0.1) is 10.1 Å². The number of hydrogen-bond donors (Lipinski definition) is 2. The number of nitrogens with zero attached hydrogens (tertiary/aromatic N) is 2. The molecule has 142 valence electrons. The number of halogens is 1. The van der Waals surface area contributed by atoms with Crippen molar-refractivity contribution in [1.29, 1.82) is 0 Å². The normalized spacial score (nSPS) is 15.9. The van der Waals surface area contributed by atoms with Gasteiger partial charge in [-0.05, 0) is 34.8 Å². The Morgan fingerprint density at radius 1 is 1.37 bits per heavy atom. The van der Waals surface area contributed by atoms with E-state index in [9.17, 15) is 14.9 Å².